The third-order valence-corrected chi connectivity index (χ3v) is 5.94. The van der Waals surface area contributed by atoms with Gasteiger partial charge in [0.15, 0.2) is 6.10 Å². The highest BCUT2D eigenvalue weighted by atomic mass is 32.2. The molecule has 0 radical (unpaired) electrons. The zero-order valence-corrected chi connectivity index (χ0v) is 16.3. The lowest BCUT2D eigenvalue weighted by atomic mass is 10.2. The zero-order valence-electron chi connectivity index (χ0n) is 15.5. The second-order valence-corrected chi connectivity index (χ2v) is 8.12. The summed E-state index contributed by atoms with van der Waals surface area (Å²) in [6.07, 6.45) is 2.61. The minimum atomic E-state index is -1.13. The Kier molecular flexibility index (Phi) is 6.56. The summed E-state index contributed by atoms with van der Waals surface area (Å²) in [6.45, 7) is 1.39. The monoisotopic (exact) mass is 405 g/mol. The van der Waals surface area contributed by atoms with Crippen LogP contribution < -0.4 is 16.0 Å². The molecular weight excluding hydrogens is 382 g/mol. The highest BCUT2D eigenvalue weighted by Crippen LogP contribution is 2.36. The number of imide groups is 1. The van der Waals surface area contributed by atoms with E-state index in [0.717, 1.165) is 30.6 Å². The first kappa shape index (κ1) is 20.2. The second-order valence-electron chi connectivity index (χ2n) is 6.87. The average molecular weight is 405 g/mol. The van der Waals surface area contributed by atoms with Crippen LogP contribution in [-0.4, -0.2) is 41.2 Å². The van der Waals surface area contributed by atoms with Crippen LogP contribution in [0.4, 0.5) is 10.5 Å². The first-order valence-electron chi connectivity index (χ1n) is 9.30. The number of rotatable bonds is 5. The van der Waals surface area contributed by atoms with E-state index in [2.05, 4.69) is 16.0 Å². The number of benzene rings is 1. The van der Waals surface area contributed by atoms with Crippen molar-refractivity contribution in [3.63, 3.8) is 0 Å². The molecule has 28 heavy (non-hydrogen) atoms. The van der Waals surface area contributed by atoms with Crippen molar-refractivity contribution in [1.29, 1.82) is 0 Å². The molecule has 2 aliphatic rings. The molecule has 1 aliphatic carbocycles. The molecule has 3 N–H and O–H groups in total. The van der Waals surface area contributed by atoms with Crippen molar-refractivity contribution in [3.05, 3.63) is 24.3 Å². The molecule has 0 saturated heterocycles. The van der Waals surface area contributed by atoms with Crippen LogP contribution in [0.1, 0.15) is 39.0 Å². The van der Waals surface area contributed by atoms with Crippen molar-refractivity contribution in [2.45, 2.75) is 61.3 Å². The van der Waals surface area contributed by atoms with Gasteiger partial charge in [-0.3, -0.25) is 19.7 Å². The van der Waals surface area contributed by atoms with Crippen molar-refractivity contribution in [1.82, 2.24) is 10.6 Å². The van der Waals surface area contributed by atoms with E-state index in [1.165, 1.54) is 18.7 Å². The number of anilines is 1. The summed E-state index contributed by atoms with van der Waals surface area (Å²) in [5.74, 6) is -1.66. The quantitative estimate of drug-likeness (QED) is 0.647. The molecule has 0 aromatic heterocycles. The SMILES string of the molecule is C[C@@H](OC(=O)C[C@H]1Sc2ccccc2NC1=O)C(=O)NC(=O)NC1CCCC1. The summed E-state index contributed by atoms with van der Waals surface area (Å²) >= 11 is 1.28. The molecule has 1 heterocycles. The van der Waals surface area contributed by atoms with Crippen LogP contribution >= 0.6 is 11.8 Å². The highest BCUT2D eigenvalue weighted by molar-refractivity contribution is 8.01. The summed E-state index contributed by atoms with van der Waals surface area (Å²) in [6, 6.07) is 6.81. The van der Waals surface area contributed by atoms with Gasteiger partial charge >= 0.3 is 12.0 Å². The normalized spacial score (nSPS) is 19.9. The van der Waals surface area contributed by atoms with Crippen molar-refractivity contribution in [2.75, 3.05) is 5.32 Å². The largest absolute Gasteiger partial charge is 0.452 e. The predicted molar refractivity (Wildman–Crippen MR) is 104 cm³/mol. The van der Waals surface area contributed by atoms with E-state index in [-0.39, 0.29) is 18.4 Å². The van der Waals surface area contributed by atoms with Gasteiger partial charge in [0.2, 0.25) is 5.91 Å². The fraction of sp³-hybridized carbons (Fsp3) is 0.474. The molecule has 1 aromatic rings. The Hall–Kier alpha value is -2.55. The minimum Gasteiger partial charge on any atom is -0.452 e. The Morgan fingerprint density at radius 2 is 1.96 bits per heavy atom. The average Bonchev–Trinajstić information content (AvgIpc) is 3.15. The van der Waals surface area contributed by atoms with E-state index in [1.807, 2.05) is 18.2 Å². The molecule has 0 bridgehead atoms. The van der Waals surface area contributed by atoms with Gasteiger partial charge in [0.05, 0.1) is 17.4 Å². The molecule has 9 heteroatoms. The summed E-state index contributed by atoms with van der Waals surface area (Å²) in [7, 11) is 0. The molecule has 3 rings (SSSR count). The van der Waals surface area contributed by atoms with E-state index < -0.39 is 29.3 Å². The second kappa shape index (κ2) is 9.09. The zero-order chi connectivity index (χ0) is 20.1. The first-order valence-corrected chi connectivity index (χ1v) is 10.2. The number of hydrogen-bond acceptors (Lipinski definition) is 6. The molecule has 2 atom stereocenters. The fourth-order valence-corrected chi connectivity index (χ4v) is 4.28. The van der Waals surface area contributed by atoms with Crippen LogP contribution in [-0.2, 0) is 19.1 Å². The third-order valence-electron chi connectivity index (χ3n) is 4.66. The van der Waals surface area contributed by atoms with Gasteiger partial charge in [0.1, 0.15) is 0 Å². The van der Waals surface area contributed by atoms with Gasteiger partial charge in [-0.05, 0) is 31.9 Å². The maximum absolute atomic E-state index is 12.2. The van der Waals surface area contributed by atoms with E-state index >= 15 is 0 Å². The van der Waals surface area contributed by atoms with Gasteiger partial charge in [-0.1, -0.05) is 25.0 Å². The summed E-state index contributed by atoms with van der Waals surface area (Å²) in [5, 5.41) is 7.03. The lowest BCUT2D eigenvalue weighted by molar-refractivity contribution is -0.154. The van der Waals surface area contributed by atoms with E-state index in [9.17, 15) is 19.2 Å². The third kappa shape index (κ3) is 5.25. The molecule has 1 fully saturated rings. The number of carbonyl (C=O) groups excluding carboxylic acids is 4. The van der Waals surface area contributed by atoms with Crippen molar-refractivity contribution < 1.29 is 23.9 Å². The number of carbonyl (C=O) groups is 4. The van der Waals surface area contributed by atoms with Crippen molar-refractivity contribution >= 4 is 41.3 Å². The van der Waals surface area contributed by atoms with Gasteiger partial charge in [-0.2, -0.15) is 0 Å². The Labute approximate surface area is 167 Å². The standard InChI is InChI=1S/C19H23N3O5S/c1-11(17(24)22-19(26)20-12-6-2-3-7-12)27-16(23)10-15-18(25)21-13-8-4-5-9-14(13)28-15/h4-5,8-9,11-12,15H,2-3,6-7,10H2,1H3,(H,21,25)(H2,20,22,24,26)/t11-,15-/m1/s1. The molecule has 8 nitrogen and oxygen atoms in total. The predicted octanol–water partition coefficient (Wildman–Crippen LogP) is 2.19. The van der Waals surface area contributed by atoms with Crippen molar-refractivity contribution in [2.24, 2.45) is 0 Å². The Morgan fingerprint density at radius 3 is 2.71 bits per heavy atom. The first-order chi connectivity index (χ1) is 13.4. The number of esters is 1. The molecule has 0 unspecified atom stereocenters. The number of hydrogen-bond donors (Lipinski definition) is 3. The van der Waals surface area contributed by atoms with Crippen LogP contribution in [0.15, 0.2) is 29.2 Å². The molecule has 4 amide bonds. The fourth-order valence-electron chi connectivity index (χ4n) is 3.18. The molecule has 1 saturated carbocycles. The summed E-state index contributed by atoms with van der Waals surface area (Å²) in [4.78, 5) is 49.1. The number of para-hydroxylation sites is 1. The van der Waals surface area contributed by atoms with Gasteiger partial charge in [0, 0.05) is 10.9 Å². The Balaban J connectivity index is 1.45. The number of fused-ring (bicyclic) bond motifs is 1. The molecular formula is C19H23N3O5S. The van der Waals surface area contributed by atoms with Crippen molar-refractivity contribution in [3.8, 4) is 0 Å². The lowest BCUT2D eigenvalue weighted by Crippen LogP contribution is -2.47. The minimum absolute atomic E-state index is 0.0790. The maximum Gasteiger partial charge on any atom is 0.321 e. The molecule has 1 aliphatic heterocycles. The topological polar surface area (TPSA) is 114 Å². The lowest BCUT2D eigenvalue weighted by Gasteiger charge is -2.23. The number of thioether (sulfide) groups is 1. The number of ether oxygens (including phenoxy) is 1. The molecule has 0 spiro atoms. The Bertz CT molecular complexity index is 779. The number of amides is 4. The van der Waals surface area contributed by atoms with Gasteiger partial charge in [-0.25, -0.2) is 4.79 Å². The van der Waals surface area contributed by atoms with Crippen LogP contribution in [0.5, 0.6) is 0 Å². The van der Waals surface area contributed by atoms with E-state index in [0.29, 0.717) is 5.69 Å². The van der Waals surface area contributed by atoms with E-state index in [1.54, 1.807) is 6.07 Å². The summed E-state index contributed by atoms with van der Waals surface area (Å²) in [5.41, 5.74) is 0.711. The van der Waals surface area contributed by atoms with E-state index in [4.69, 9.17) is 4.74 Å². The van der Waals surface area contributed by atoms with Crippen LogP contribution in [0, 0.1) is 0 Å². The smallest absolute Gasteiger partial charge is 0.321 e. The molecule has 150 valence electrons. The van der Waals surface area contributed by atoms with Gasteiger partial charge in [-0.15, -0.1) is 11.8 Å². The van der Waals surface area contributed by atoms with Gasteiger partial charge in [0.25, 0.3) is 5.91 Å². The number of nitrogens with one attached hydrogen (secondary N) is 3. The van der Waals surface area contributed by atoms with Crippen LogP contribution in [0.3, 0.4) is 0 Å². The van der Waals surface area contributed by atoms with Gasteiger partial charge < -0.3 is 15.4 Å². The Morgan fingerprint density at radius 1 is 1.25 bits per heavy atom. The molecule has 1 aromatic carbocycles. The number of urea groups is 1. The van der Waals surface area contributed by atoms with Crippen LogP contribution in [0.25, 0.3) is 0 Å². The van der Waals surface area contributed by atoms with Crippen LogP contribution in [0.2, 0.25) is 0 Å². The maximum atomic E-state index is 12.2. The summed E-state index contributed by atoms with van der Waals surface area (Å²) < 4.78 is 5.10. The highest BCUT2D eigenvalue weighted by Gasteiger charge is 2.31.